The van der Waals surface area contributed by atoms with Crippen molar-refractivity contribution in [2.75, 3.05) is 11.4 Å². The number of ether oxygens (including phenoxy) is 1. The summed E-state index contributed by atoms with van der Waals surface area (Å²) in [5.41, 5.74) is 4.62. The van der Waals surface area contributed by atoms with Gasteiger partial charge in [0.2, 0.25) is 0 Å². The molecule has 39 heavy (non-hydrogen) atoms. The van der Waals surface area contributed by atoms with Crippen LogP contribution in [0.4, 0.5) is 5.69 Å². The quantitative estimate of drug-likeness (QED) is 0.122. The van der Waals surface area contributed by atoms with Crippen LogP contribution in [0.25, 0.3) is 11.1 Å². The number of pyridine rings is 1. The lowest BCUT2D eigenvalue weighted by Crippen LogP contribution is -2.34. The molecule has 0 fully saturated rings. The molecule has 0 aliphatic heterocycles. The highest BCUT2D eigenvalue weighted by Crippen LogP contribution is 2.36. The minimum absolute atomic E-state index is 0.0120. The third kappa shape index (κ3) is 5.89. The van der Waals surface area contributed by atoms with E-state index in [1.54, 1.807) is 67.3 Å². The van der Waals surface area contributed by atoms with Crippen molar-refractivity contribution < 1.29 is 28.4 Å². The van der Waals surface area contributed by atoms with Crippen molar-refractivity contribution in [1.29, 1.82) is 0 Å². The van der Waals surface area contributed by atoms with Crippen molar-refractivity contribution in [1.82, 2.24) is 10.5 Å². The van der Waals surface area contributed by atoms with Crippen LogP contribution in [0.1, 0.15) is 27.0 Å². The molecule has 1 aromatic heterocycles. The second-order valence-electron chi connectivity index (χ2n) is 8.55. The number of nitrogens with zero attached hydrogens (tertiary/aromatic N) is 3. The number of amides is 1. The fourth-order valence-corrected chi connectivity index (χ4v) is 5.73. The van der Waals surface area contributed by atoms with Gasteiger partial charge in [0.25, 0.3) is 15.9 Å². The van der Waals surface area contributed by atoms with E-state index in [1.807, 2.05) is 0 Å². The average Bonchev–Trinajstić information content (AvgIpc) is 2.96. The molecule has 0 bridgehead atoms. The molecule has 11 heteroatoms. The zero-order valence-corrected chi connectivity index (χ0v) is 22.0. The number of rotatable bonds is 9. The zero-order chi connectivity index (χ0) is 28.0. The highest BCUT2D eigenvalue weighted by atomic mass is 32.2. The van der Waals surface area contributed by atoms with Crippen LogP contribution in [0.5, 0.6) is 5.75 Å². The number of sulfonamides is 1. The molecule has 0 saturated carbocycles. The second kappa shape index (κ2) is 11.8. The van der Waals surface area contributed by atoms with Crippen molar-refractivity contribution in [2.24, 2.45) is 5.16 Å². The summed E-state index contributed by atoms with van der Waals surface area (Å²) >= 11 is 0. The van der Waals surface area contributed by atoms with Gasteiger partial charge in [-0.3, -0.25) is 19.3 Å². The highest BCUT2D eigenvalue weighted by Gasteiger charge is 2.31. The number of hydroxylamine groups is 1. The number of hydrogen-bond acceptors (Lipinski definition) is 8. The molecular weight excluding hydrogens is 520 g/mol. The van der Waals surface area contributed by atoms with Crippen LogP contribution in [0.15, 0.2) is 95.2 Å². The lowest BCUT2D eigenvalue weighted by molar-refractivity contribution is 0.0707. The summed E-state index contributed by atoms with van der Waals surface area (Å²) in [6.07, 6.45) is 4.38. The summed E-state index contributed by atoms with van der Waals surface area (Å²) in [4.78, 5) is 17.1. The third-order valence-electron chi connectivity index (χ3n) is 6.02. The molecule has 3 N–H and O–H groups in total. The summed E-state index contributed by atoms with van der Waals surface area (Å²) in [6.45, 7) is 1.56. The maximum absolute atomic E-state index is 14.1. The van der Waals surface area contributed by atoms with Crippen LogP contribution >= 0.6 is 0 Å². The molecule has 0 aliphatic rings. The summed E-state index contributed by atoms with van der Waals surface area (Å²) < 4.78 is 34.4. The van der Waals surface area contributed by atoms with Crippen molar-refractivity contribution in [3.05, 3.63) is 107 Å². The van der Waals surface area contributed by atoms with Crippen LogP contribution in [-0.2, 0) is 16.6 Å². The molecule has 0 radical (unpaired) electrons. The first-order chi connectivity index (χ1) is 18.8. The summed E-state index contributed by atoms with van der Waals surface area (Å²) in [5, 5.41) is 21.6. The van der Waals surface area contributed by atoms with E-state index in [4.69, 9.17) is 9.94 Å². The molecule has 10 nitrogen and oxygen atoms in total. The van der Waals surface area contributed by atoms with Gasteiger partial charge in [0.05, 0.1) is 36.0 Å². The molecular formula is C28H26N4O6S. The van der Waals surface area contributed by atoms with E-state index in [-0.39, 0.29) is 22.7 Å². The van der Waals surface area contributed by atoms with E-state index in [2.05, 4.69) is 10.1 Å². The fraction of sp³-hybridized carbons (Fsp3) is 0.107. The summed E-state index contributed by atoms with van der Waals surface area (Å²) in [5.74, 6) is -0.397. The molecule has 3 aromatic carbocycles. The van der Waals surface area contributed by atoms with Gasteiger partial charge >= 0.3 is 0 Å². The Hall–Kier alpha value is -4.74. The molecule has 1 amide bonds. The first-order valence-corrected chi connectivity index (χ1v) is 13.1. The van der Waals surface area contributed by atoms with Crippen molar-refractivity contribution in [2.45, 2.75) is 18.4 Å². The molecule has 0 unspecified atom stereocenters. The fourth-order valence-electron chi connectivity index (χ4n) is 4.19. The average molecular weight is 547 g/mol. The molecule has 1 heterocycles. The van der Waals surface area contributed by atoms with Gasteiger partial charge in [0.15, 0.2) is 0 Å². The zero-order valence-electron chi connectivity index (χ0n) is 21.1. The Labute approximate surface area is 225 Å². The maximum Gasteiger partial charge on any atom is 0.276 e. The lowest BCUT2D eigenvalue weighted by atomic mass is 9.96. The van der Waals surface area contributed by atoms with E-state index in [0.29, 0.717) is 33.6 Å². The number of oxime groups is 1. The maximum atomic E-state index is 14.1. The topological polar surface area (TPSA) is 141 Å². The van der Waals surface area contributed by atoms with Gasteiger partial charge in [0.1, 0.15) is 5.75 Å². The SMILES string of the molecule is COc1ccc(S(=O)(=O)N(Cc2cccnc2)c2c(C)cc(-c3cccc(/C=N\O)c3)cc2C(=O)NO)cc1. The Bertz CT molecular complexity index is 1610. The van der Waals surface area contributed by atoms with Crippen molar-refractivity contribution in [3.8, 4) is 16.9 Å². The molecule has 200 valence electrons. The number of benzene rings is 3. The number of hydrogen-bond donors (Lipinski definition) is 3. The van der Waals surface area contributed by atoms with Crippen molar-refractivity contribution in [3.63, 3.8) is 0 Å². The molecule has 0 spiro atoms. The molecule has 0 saturated heterocycles. The Morgan fingerprint density at radius 1 is 1.08 bits per heavy atom. The first kappa shape index (κ1) is 27.3. The molecule has 4 aromatic rings. The van der Waals surface area contributed by atoms with E-state index in [1.165, 1.54) is 43.7 Å². The number of carbonyl (C=O) groups excluding carboxylic acids is 1. The lowest BCUT2D eigenvalue weighted by Gasteiger charge is -2.28. The number of nitrogens with one attached hydrogen (secondary N) is 1. The van der Waals surface area contributed by atoms with E-state index in [0.717, 1.165) is 4.31 Å². The standard InChI is InChI=1S/C28H26N4O6S/c1-19-13-23(22-7-3-5-20(14-22)17-30-34)15-26(28(33)31-35)27(19)32(18-21-6-4-12-29-16-21)39(36,37)25-10-8-24(38-2)9-11-25/h3-17,34-35H,18H2,1-2H3,(H,31,33)/b30-17-. The minimum Gasteiger partial charge on any atom is -0.497 e. The Morgan fingerprint density at radius 3 is 2.49 bits per heavy atom. The van der Waals surface area contributed by atoms with Gasteiger partial charge in [-0.15, -0.1) is 0 Å². The summed E-state index contributed by atoms with van der Waals surface area (Å²) in [6, 6.07) is 19.6. The number of aromatic nitrogens is 1. The van der Waals surface area contributed by atoms with Crippen LogP contribution in [-0.4, -0.2) is 43.0 Å². The van der Waals surface area contributed by atoms with Crippen LogP contribution in [0, 0.1) is 6.92 Å². The largest absolute Gasteiger partial charge is 0.497 e. The number of methoxy groups -OCH3 is 1. The van der Waals surface area contributed by atoms with Gasteiger partial charge in [-0.25, -0.2) is 13.9 Å². The van der Waals surface area contributed by atoms with E-state index >= 15 is 0 Å². The summed E-state index contributed by atoms with van der Waals surface area (Å²) in [7, 11) is -2.73. The van der Waals surface area contributed by atoms with Gasteiger partial charge in [-0.2, -0.15) is 0 Å². The predicted molar refractivity (Wildman–Crippen MR) is 146 cm³/mol. The number of carbonyl (C=O) groups is 1. The van der Waals surface area contributed by atoms with E-state index < -0.39 is 15.9 Å². The van der Waals surface area contributed by atoms with Gasteiger partial charge < -0.3 is 9.94 Å². The Kier molecular flexibility index (Phi) is 8.23. The Balaban J connectivity index is 1.94. The number of anilines is 1. The molecule has 0 aliphatic carbocycles. The van der Waals surface area contributed by atoms with Crippen molar-refractivity contribution >= 4 is 27.8 Å². The normalized spacial score (nSPS) is 11.4. The highest BCUT2D eigenvalue weighted by molar-refractivity contribution is 7.92. The van der Waals surface area contributed by atoms with Gasteiger partial charge in [-0.05, 0) is 83.3 Å². The van der Waals surface area contributed by atoms with Crippen LogP contribution < -0.4 is 14.5 Å². The Morgan fingerprint density at radius 2 is 1.85 bits per heavy atom. The molecule has 0 atom stereocenters. The van der Waals surface area contributed by atoms with Crippen LogP contribution in [0.2, 0.25) is 0 Å². The smallest absolute Gasteiger partial charge is 0.276 e. The number of aryl methyl sites for hydroxylation is 1. The second-order valence-corrected chi connectivity index (χ2v) is 10.4. The predicted octanol–water partition coefficient (Wildman–Crippen LogP) is 4.39. The first-order valence-electron chi connectivity index (χ1n) is 11.7. The molecule has 4 rings (SSSR count). The third-order valence-corrected chi connectivity index (χ3v) is 7.78. The van der Waals surface area contributed by atoms with E-state index in [9.17, 15) is 18.4 Å². The monoisotopic (exact) mass is 546 g/mol. The van der Waals surface area contributed by atoms with Crippen LogP contribution in [0.3, 0.4) is 0 Å². The minimum atomic E-state index is -4.21. The van der Waals surface area contributed by atoms with Gasteiger partial charge in [-0.1, -0.05) is 29.4 Å². The van der Waals surface area contributed by atoms with Gasteiger partial charge in [0, 0.05) is 12.4 Å².